The zero-order chi connectivity index (χ0) is 47.8. The van der Waals surface area contributed by atoms with Crippen molar-refractivity contribution in [2.75, 3.05) is 34.9 Å². The van der Waals surface area contributed by atoms with Crippen LogP contribution in [0.15, 0.2) is 23.8 Å². The zero-order valence-corrected chi connectivity index (χ0v) is 39.7. The first-order valence-electron chi connectivity index (χ1n) is 22.7. The molecule has 4 heterocycles. The van der Waals surface area contributed by atoms with Crippen LogP contribution in [0.4, 0.5) is 0 Å². The molecule has 0 saturated carbocycles. The number of cyclic esters (lactones) is 1. The van der Waals surface area contributed by atoms with Gasteiger partial charge in [0.1, 0.15) is 49.0 Å². The number of aldehydes is 1. The molecule has 4 aliphatic rings. The highest BCUT2D eigenvalue weighted by Gasteiger charge is 2.52. The lowest BCUT2D eigenvalue weighted by Gasteiger charge is -2.50. The highest BCUT2D eigenvalue weighted by atomic mass is 16.7. The Bertz CT molecular complexity index is 1560. The lowest BCUT2D eigenvalue weighted by atomic mass is 9.79. The number of aliphatic hydroxyl groups excluding tert-OH is 4. The number of ketones is 1. The van der Waals surface area contributed by atoms with Crippen LogP contribution in [0.25, 0.3) is 0 Å². The molecule has 0 aromatic carbocycles. The van der Waals surface area contributed by atoms with Crippen molar-refractivity contribution in [3.8, 4) is 0 Å². The van der Waals surface area contributed by atoms with Gasteiger partial charge < -0.3 is 77.9 Å². The average molecular weight is 916 g/mol. The monoisotopic (exact) mass is 916 g/mol. The summed E-state index contributed by atoms with van der Waals surface area (Å²) in [5, 5.41) is 55.8. The van der Waals surface area contributed by atoms with Gasteiger partial charge in [0.15, 0.2) is 24.7 Å². The van der Waals surface area contributed by atoms with Crippen LogP contribution in [0.2, 0.25) is 0 Å². The average Bonchev–Trinajstić information content (AvgIpc) is 3.23. The van der Waals surface area contributed by atoms with E-state index in [2.05, 4.69) is 0 Å². The van der Waals surface area contributed by atoms with Gasteiger partial charge in [-0.15, -0.1) is 0 Å². The molecule has 0 aliphatic carbocycles. The summed E-state index contributed by atoms with van der Waals surface area (Å²) < 4.78 is 54.7. The number of hydrogen-bond donors (Lipinski definition) is 5. The lowest BCUT2D eigenvalue weighted by Crippen LogP contribution is -2.65. The maximum atomic E-state index is 13.8. The Balaban J connectivity index is 1.62. The van der Waals surface area contributed by atoms with Gasteiger partial charge in [-0.1, -0.05) is 38.5 Å². The molecule has 3 fully saturated rings. The van der Waals surface area contributed by atoms with Gasteiger partial charge in [-0.25, -0.2) is 0 Å². The first kappa shape index (κ1) is 54.3. The molecule has 4 aliphatic heterocycles. The quantitative estimate of drug-likeness (QED) is 0.131. The number of ether oxygens (including phenoxy) is 9. The molecule has 21 atom stereocenters. The van der Waals surface area contributed by atoms with Gasteiger partial charge in [-0.3, -0.25) is 9.59 Å². The van der Waals surface area contributed by atoms with E-state index >= 15 is 0 Å². The number of rotatable bonds is 13. The van der Waals surface area contributed by atoms with E-state index in [9.17, 15) is 39.9 Å². The third-order valence-corrected chi connectivity index (χ3v) is 13.4. The molecule has 64 heavy (non-hydrogen) atoms. The zero-order valence-electron chi connectivity index (χ0n) is 39.7. The highest BCUT2D eigenvalue weighted by molar-refractivity contribution is 5.91. The summed E-state index contributed by atoms with van der Waals surface area (Å²) in [4.78, 5) is 41.5. The minimum absolute atomic E-state index is 0.00788. The lowest BCUT2D eigenvalue weighted by molar-refractivity contribution is -0.341. The van der Waals surface area contributed by atoms with E-state index in [-0.39, 0.29) is 31.7 Å². The molecule has 3 saturated heterocycles. The fraction of sp³-hybridized carbons (Fsp3) is 0.848. The number of hydrogen-bond acceptors (Lipinski definition) is 18. The number of carbonyl (C=O) groups is 3. The second-order valence-corrected chi connectivity index (χ2v) is 18.7. The van der Waals surface area contributed by atoms with E-state index in [4.69, 9.17) is 42.6 Å². The molecule has 4 rings (SSSR count). The number of aliphatic hydroxyl groups is 5. The van der Waals surface area contributed by atoms with Crippen LogP contribution in [-0.2, 0) is 57.0 Å². The van der Waals surface area contributed by atoms with E-state index in [0.717, 1.165) is 6.29 Å². The normalized spacial score (nSPS) is 45.9. The summed E-state index contributed by atoms with van der Waals surface area (Å²) in [6.07, 6.45) is -8.49. The van der Waals surface area contributed by atoms with Crippen molar-refractivity contribution in [2.24, 2.45) is 23.7 Å². The fourth-order valence-corrected chi connectivity index (χ4v) is 9.51. The molecule has 368 valence electrons. The van der Waals surface area contributed by atoms with E-state index < -0.39 is 140 Å². The number of methoxy groups -OCH3 is 2. The van der Waals surface area contributed by atoms with Crippen LogP contribution in [0.3, 0.4) is 0 Å². The van der Waals surface area contributed by atoms with Gasteiger partial charge in [-0.2, -0.15) is 0 Å². The molecular weight excluding hydrogens is 838 g/mol. The molecule has 18 nitrogen and oxygen atoms in total. The predicted octanol–water partition coefficient (Wildman–Crippen LogP) is 1.83. The van der Waals surface area contributed by atoms with E-state index in [0.29, 0.717) is 12.0 Å². The molecule has 0 unspecified atom stereocenters. The van der Waals surface area contributed by atoms with Crippen molar-refractivity contribution in [2.45, 2.75) is 191 Å². The standard InChI is InChI=1S/C46H77NO17/c1-13-33-30(22-58-45-42(57-12)41(56-11)37(52)26(5)60-45)18-23(2)14-15-31(49)24(3)19-29(16-17-48)39(25(4)32(50)20-34(51)62-33)64-44-38(53)36(47(9)10)40(27(6)61-44)63-35-21-46(8,55)43(54)28(7)59-35/h14-15,17-18,24-30,32-33,35-45,50,52-55H,13,16,19-22H2,1-12H3/b15-14+,23-18+/t24-,25-,26+,27-,28+,29+,30-,32+,33+,35+,36-,37+,38-,39-,40-,41+,42+,43+,44+,45+,46-/m1/s1. The smallest absolute Gasteiger partial charge is 0.308 e. The first-order chi connectivity index (χ1) is 30.1. The van der Waals surface area contributed by atoms with Crippen molar-refractivity contribution in [1.29, 1.82) is 0 Å². The molecule has 5 N–H and O–H groups in total. The second-order valence-electron chi connectivity index (χ2n) is 18.7. The van der Waals surface area contributed by atoms with Crippen LogP contribution >= 0.6 is 0 Å². The minimum atomic E-state index is -1.49. The van der Waals surface area contributed by atoms with Gasteiger partial charge in [0.05, 0.1) is 55.2 Å². The topological polar surface area (TPSA) is 239 Å². The molecule has 0 aromatic rings. The first-order valence-corrected chi connectivity index (χ1v) is 22.7. The summed E-state index contributed by atoms with van der Waals surface area (Å²) in [7, 11) is 6.43. The SMILES string of the molecule is CC[C@@H]1OC(=O)C[C@H](O)[C@@H](C)[C@@H](O[C@@H]2O[C@H](C)[C@@H](O[C@H]3C[C@@](C)(O)[C@@H](O)[C@H](C)O3)[C@H](N(C)C)[C@H]2O)[C@@H](CC=O)C[C@@H](C)C(=O)/C=C/C(C)=C/[C@@H]1CO[C@H]1O[C@@H](C)[C@H](O)[C@H](OC)[C@@H]1OC. The summed E-state index contributed by atoms with van der Waals surface area (Å²) in [6.45, 7) is 13.6. The van der Waals surface area contributed by atoms with Gasteiger partial charge >= 0.3 is 5.97 Å². The largest absolute Gasteiger partial charge is 0.462 e. The van der Waals surface area contributed by atoms with Crippen LogP contribution in [0, 0.1) is 23.7 Å². The number of esters is 1. The Morgan fingerprint density at radius 2 is 1.52 bits per heavy atom. The minimum Gasteiger partial charge on any atom is -0.462 e. The Morgan fingerprint density at radius 3 is 2.11 bits per heavy atom. The highest BCUT2D eigenvalue weighted by Crippen LogP contribution is 2.37. The molecule has 0 aromatic heterocycles. The summed E-state index contributed by atoms with van der Waals surface area (Å²) in [5.74, 6) is -3.59. The van der Waals surface area contributed by atoms with Gasteiger partial charge in [0, 0.05) is 44.8 Å². The fourth-order valence-electron chi connectivity index (χ4n) is 9.51. The summed E-state index contributed by atoms with van der Waals surface area (Å²) >= 11 is 0. The maximum absolute atomic E-state index is 13.8. The van der Waals surface area contributed by atoms with Gasteiger partial charge in [0.2, 0.25) is 0 Å². The Morgan fingerprint density at radius 1 is 0.859 bits per heavy atom. The Hall–Kier alpha value is -2.27. The maximum Gasteiger partial charge on any atom is 0.308 e. The van der Waals surface area contributed by atoms with Crippen molar-refractivity contribution in [3.63, 3.8) is 0 Å². The third-order valence-electron chi connectivity index (χ3n) is 13.4. The molecule has 0 amide bonds. The van der Waals surface area contributed by atoms with Crippen molar-refractivity contribution in [3.05, 3.63) is 23.8 Å². The predicted molar refractivity (Wildman–Crippen MR) is 230 cm³/mol. The van der Waals surface area contributed by atoms with Crippen LogP contribution < -0.4 is 0 Å². The van der Waals surface area contributed by atoms with Crippen LogP contribution in [0.1, 0.15) is 87.5 Å². The molecule has 0 radical (unpaired) electrons. The molecule has 0 spiro atoms. The second kappa shape index (κ2) is 24.1. The van der Waals surface area contributed by atoms with Gasteiger partial charge in [0.25, 0.3) is 0 Å². The van der Waals surface area contributed by atoms with E-state index in [1.54, 1.807) is 59.7 Å². The summed E-state index contributed by atoms with van der Waals surface area (Å²) in [5.41, 5.74) is -0.806. The Kier molecular flexibility index (Phi) is 20.5. The van der Waals surface area contributed by atoms with Crippen LogP contribution in [0.5, 0.6) is 0 Å². The molecule has 0 bridgehead atoms. The van der Waals surface area contributed by atoms with E-state index in [1.807, 2.05) is 19.9 Å². The number of nitrogens with zero attached hydrogens (tertiary/aromatic N) is 1. The molecular formula is C46H77NO17. The number of likely N-dealkylation sites (N-methyl/N-ethyl adjacent to an activating group) is 1. The number of allylic oxidation sites excluding steroid dienone is 3. The number of carbonyl (C=O) groups excluding carboxylic acids is 3. The van der Waals surface area contributed by atoms with Gasteiger partial charge in [-0.05, 0) is 73.5 Å². The van der Waals surface area contributed by atoms with E-state index in [1.165, 1.54) is 27.2 Å². The molecule has 18 heteroatoms. The van der Waals surface area contributed by atoms with Crippen molar-refractivity contribution in [1.82, 2.24) is 4.90 Å². The Labute approximate surface area is 378 Å². The third kappa shape index (κ3) is 13.5. The van der Waals surface area contributed by atoms with Crippen LogP contribution in [-0.4, -0.2) is 187 Å². The van der Waals surface area contributed by atoms with Crippen molar-refractivity contribution >= 4 is 18.0 Å². The summed E-state index contributed by atoms with van der Waals surface area (Å²) in [6, 6.07) is -0.748. The van der Waals surface area contributed by atoms with Crippen molar-refractivity contribution < 1.29 is 82.5 Å².